The summed E-state index contributed by atoms with van der Waals surface area (Å²) in [5.41, 5.74) is 3.58. The van der Waals surface area contributed by atoms with Gasteiger partial charge in [-0.15, -0.1) is 0 Å². The SMILES string of the molecule is Cc1cccc(-n2cc(N3CCNCC3)cn2)c1. The monoisotopic (exact) mass is 242 g/mol. The Bertz CT molecular complexity index is 526. The van der Waals surface area contributed by atoms with Crippen LogP contribution in [-0.4, -0.2) is 36.0 Å². The predicted octanol–water partition coefficient (Wildman–Crippen LogP) is 1.59. The van der Waals surface area contributed by atoms with Crippen LogP contribution in [-0.2, 0) is 0 Å². The Kier molecular flexibility index (Phi) is 3.02. The van der Waals surface area contributed by atoms with Crippen molar-refractivity contribution in [2.45, 2.75) is 6.92 Å². The van der Waals surface area contributed by atoms with Gasteiger partial charge in [0, 0.05) is 26.2 Å². The quantitative estimate of drug-likeness (QED) is 0.868. The van der Waals surface area contributed by atoms with Crippen LogP contribution in [0.3, 0.4) is 0 Å². The van der Waals surface area contributed by atoms with Gasteiger partial charge < -0.3 is 10.2 Å². The number of benzene rings is 1. The maximum absolute atomic E-state index is 4.46. The number of nitrogens with zero attached hydrogens (tertiary/aromatic N) is 3. The highest BCUT2D eigenvalue weighted by molar-refractivity contribution is 5.46. The van der Waals surface area contributed by atoms with Gasteiger partial charge in [0.15, 0.2) is 0 Å². The molecule has 1 fully saturated rings. The first-order chi connectivity index (χ1) is 8.83. The second kappa shape index (κ2) is 4.82. The van der Waals surface area contributed by atoms with Crippen LogP contribution in [0.5, 0.6) is 0 Å². The second-order valence-corrected chi connectivity index (χ2v) is 4.72. The van der Waals surface area contributed by atoms with Gasteiger partial charge in [-0.3, -0.25) is 0 Å². The molecular formula is C14H18N4. The number of nitrogens with one attached hydrogen (secondary N) is 1. The van der Waals surface area contributed by atoms with E-state index in [0.717, 1.165) is 31.9 Å². The largest absolute Gasteiger partial charge is 0.366 e. The van der Waals surface area contributed by atoms with Gasteiger partial charge in [-0.2, -0.15) is 5.10 Å². The molecule has 2 aromatic rings. The van der Waals surface area contributed by atoms with Gasteiger partial charge in [0.05, 0.1) is 23.8 Å². The summed E-state index contributed by atoms with van der Waals surface area (Å²) < 4.78 is 1.95. The molecule has 0 spiro atoms. The van der Waals surface area contributed by atoms with Gasteiger partial charge in [0.25, 0.3) is 0 Å². The zero-order valence-electron chi connectivity index (χ0n) is 10.6. The zero-order chi connectivity index (χ0) is 12.4. The van der Waals surface area contributed by atoms with Crippen LogP contribution in [0.15, 0.2) is 36.7 Å². The third kappa shape index (κ3) is 2.24. The highest BCUT2D eigenvalue weighted by Crippen LogP contribution is 2.17. The lowest BCUT2D eigenvalue weighted by atomic mass is 10.2. The van der Waals surface area contributed by atoms with Gasteiger partial charge in [-0.05, 0) is 24.6 Å². The van der Waals surface area contributed by atoms with Crippen LogP contribution < -0.4 is 10.2 Å². The third-order valence-electron chi connectivity index (χ3n) is 3.32. The van der Waals surface area contributed by atoms with E-state index in [1.807, 2.05) is 10.9 Å². The normalized spacial score (nSPS) is 15.9. The lowest BCUT2D eigenvalue weighted by Crippen LogP contribution is -2.43. The van der Waals surface area contributed by atoms with Crippen LogP contribution in [0.1, 0.15) is 5.56 Å². The van der Waals surface area contributed by atoms with E-state index >= 15 is 0 Å². The number of aromatic nitrogens is 2. The lowest BCUT2D eigenvalue weighted by Gasteiger charge is -2.27. The summed E-state index contributed by atoms with van der Waals surface area (Å²) in [7, 11) is 0. The summed E-state index contributed by atoms with van der Waals surface area (Å²) >= 11 is 0. The Balaban J connectivity index is 1.84. The molecule has 0 saturated carbocycles. The molecule has 3 rings (SSSR count). The molecule has 1 aromatic heterocycles. The highest BCUT2D eigenvalue weighted by atomic mass is 15.3. The molecule has 0 unspecified atom stereocenters. The molecule has 18 heavy (non-hydrogen) atoms. The third-order valence-corrected chi connectivity index (χ3v) is 3.32. The standard InChI is InChI=1S/C14H18N4/c1-12-3-2-4-13(9-12)18-11-14(10-16-18)17-7-5-15-6-8-17/h2-4,9-11,15H,5-8H2,1H3. The van der Waals surface area contributed by atoms with Crippen LogP contribution in [0.2, 0.25) is 0 Å². The van der Waals surface area contributed by atoms with Gasteiger partial charge in [0.1, 0.15) is 0 Å². The van der Waals surface area contributed by atoms with Crippen molar-refractivity contribution in [2.24, 2.45) is 0 Å². The predicted molar refractivity (Wildman–Crippen MR) is 73.4 cm³/mol. The summed E-state index contributed by atoms with van der Waals surface area (Å²) in [6, 6.07) is 8.40. The summed E-state index contributed by atoms with van der Waals surface area (Å²) in [6.45, 7) is 6.31. The zero-order valence-corrected chi connectivity index (χ0v) is 10.6. The van der Waals surface area contributed by atoms with Gasteiger partial charge in [-0.1, -0.05) is 12.1 Å². The molecule has 0 atom stereocenters. The number of rotatable bonds is 2. The maximum atomic E-state index is 4.46. The fourth-order valence-electron chi connectivity index (χ4n) is 2.31. The van der Waals surface area contributed by atoms with Crippen molar-refractivity contribution < 1.29 is 0 Å². The molecule has 94 valence electrons. The van der Waals surface area contributed by atoms with Crippen molar-refractivity contribution in [2.75, 3.05) is 31.1 Å². The maximum Gasteiger partial charge on any atom is 0.0758 e. The topological polar surface area (TPSA) is 33.1 Å². The number of aryl methyl sites for hydroxylation is 1. The smallest absolute Gasteiger partial charge is 0.0758 e. The Morgan fingerprint density at radius 1 is 1.17 bits per heavy atom. The van der Waals surface area contributed by atoms with Crippen molar-refractivity contribution in [3.05, 3.63) is 42.2 Å². The summed E-state index contributed by atoms with van der Waals surface area (Å²) in [6.07, 6.45) is 4.06. The Morgan fingerprint density at radius 3 is 2.78 bits per heavy atom. The van der Waals surface area contributed by atoms with Gasteiger partial charge in [-0.25, -0.2) is 4.68 Å². The minimum atomic E-state index is 1.05. The molecule has 1 aliphatic rings. The average molecular weight is 242 g/mol. The molecule has 4 nitrogen and oxygen atoms in total. The first-order valence-electron chi connectivity index (χ1n) is 6.40. The number of hydrogen-bond donors (Lipinski definition) is 1. The van der Waals surface area contributed by atoms with Gasteiger partial charge in [0.2, 0.25) is 0 Å². The van der Waals surface area contributed by atoms with E-state index in [9.17, 15) is 0 Å². The van der Waals surface area contributed by atoms with Crippen LogP contribution >= 0.6 is 0 Å². The fourth-order valence-corrected chi connectivity index (χ4v) is 2.31. The van der Waals surface area contributed by atoms with Crippen LogP contribution in [0.4, 0.5) is 5.69 Å². The van der Waals surface area contributed by atoms with Gasteiger partial charge >= 0.3 is 0 Å². The molecular weight excluding hydrogens is 224 g/mol. The first-order valence-corrected chi connectivity index (χ1v) is 6.40. The molecule has 0 radical (unpaired) electrons. The molecule has 1 N–H and O–H groups in total. The minimum Gasteiger partial charge on any atom is -0.366 e. The Hall–Kier alpha value is -1.81. The molecule has 1 saturated heterocycles. The molecule has 0 amide bonds. The average Bonchev–Trinajstić information content (AvgIpc) is 2.89. The summed E-state index contributed by atoms with van der Waals surface area (Å²) in [5.74, 6) is 0. The molecule has 0 bridgehead atoms. The van der Waals surface area contributed by atoms with Crippen molar-refractivity contribution in [3.63, 3.8) is 0 Å². The Morgan fingerprint density at radius 2 is 2.00 bits per heavy atom. The van der Waals surface area contributed by atoms with Crippen LogP contribution in [0.25, 0.3) is 5.69 Å². The molecule has 1 aliphatic heterocycles. The summed E-state index contributed by atoms with van der Waals surface area (Å²) in [4.78, 5) is 2.37. The molecule has 1 aromatic carbocycles. The lowest BCUT2D eigenvalue weighted by molar-refractivity contribution is 0.589. The van der Waals surface area contributed by atoms with E-state index < -0.39 is 0 Å². The van der Waals surface area contributed by atoms with E-state index in [1.165, 1.54) is 11.3 Å². The summed E-state index contributed by atoms with van der Waals surface area (Å²) in [5, 5.41) is 7.82. The van der Waals surface area contributed by atoms with E-state index in [-0.39, 0.29) is 0 Å². The number of anilines is 1. The van der Waals surface area contributed by atoms with E-state index in [1.54, 1.807) is 0 Å². The Labute approximate surface area is 107 Å². The van der Waals surface area contributed by atoms with Crippen molar-refractivity contribution in [3.8, 4) is 5.69 Å². The highest BCUT2D eigenvalue weighted by Gasteiger charge is 2.12. The van der Waals surface area contributed by atoms with E-state index in [4.69, 9.17) is 0 Å². The van der Waals surface area contributed by atoms with Crippen LogP contribution in [0, 0.1) is 6.92 Å². The van der Waals surface area contributed by atoms with E-state index in [0.29, 0.717) is 0 Å². The molecule has 4 heteroatoms. The van der Waals surface area contributed by atoms with Crippen molar-refractivity contribution in [1.29, 1.82) is 0 Å². The number of piperazine rings is 1. The number of hydrogen-bond acceptors (Lipinski definition) is 3. The second-order valence-electron chi connectivity index (χ2n) is 4.72. The fraction of sp³-hybridized carbons (Fsp3) is 0.357. The van der Waals surface area contributed by atoms with E-state index in [2.05, 4.69) is 52.7 Å². The molecule has 2 heterocycles. The minimum absolute atomic E-state index is 1.05. The van der Waals surface area contributed by atoms with Crippen molar-refractivity contribution in [1.82, 2.24) is 15.1 Å². The molecule has 0 aliphatic carbocycles. The first kappa shape index (κ1) is 11.3. The van der Waals surface area contributed by atoms with Crippen molar-refractivity contribution >= 4 is 5.69 Å².